The van der Waals surface area contributed by atoms with Gasteiger partial charge in [-0.05, 0) is 37.8 Å². The maximum Gasteiger partial charge on any atom is 0.490 e. The van der Waals surface area contributed by atoms with Crippen LogP contribution in [0, 0.1) is 0 Å². The van der Waals surface area contributed by atoms with Gasteiger partial charge in [0, 0.05) is 22.9 Å². The summed E-state index contributed by atoms with van der Waals surface area (Å²) in [6, 6.07) is 10.1. The molecular formula is C23H20F3N5O4. The summed E-state index contributed by atoms with van der Waals surface area (Å²) in [6.45, 7) is 0. The molecule has 4 aromatic rings. The van der Waals surface area contributed by atoms with Crippen LogP contribution in [-0.2, 0) is 11.2 Å². The van der Waals surface area contributed by atoms with Crippen molar-refractivity contribution in [3.05, 3.63) is 53.7 Å². The van der Waals surface area contributed by atoms with Gasteiger partial charge in [0.2, 0.25) is 0 Å². The summed E-state index contributed by atoms with van der Waals surface area (Å²) >= 11 is 0. The Morgan fingerprint density at radius 2 is 1.83 bits per heavy atom. The molecule has 0 spiro atoms. The fourth-order valence-corrected chi connectivity index (χ4v) is 4.40. The Hall–Kier alpha value is -3.93. The number of carbonyl (C=O) groups is 1. The Bertz CT molecular complexity index is 1410. The lowest BCUT2D eigenvalue weighted by Crippen LogP contribution is -2.21. The van der Waals surface area contributed by atoms with Crippen molar-refractivity contribution < 1.29 is 32.7 Å². The van der Waals surface area contributed by atoms with Crippen molar-refractivity contribution >= 4 is 22.8 Å². The van der Waals surface area contributed by atoms with E-state index in [1.54, 1.807) is 0 Å². The smallest absolute Gasteiger partial charge is 0.475 e. The van der Waals surface area contributed by atoms with E-state index in [0.29, 0.717) is 30.3 Å². The first-order chi connectivity index (χ1) is 16.7. The molecule has 2 aliphatic carbocycles. The molecule has 9 nitrogen and oxygen atoms in total. The van der Waals surface area contributed by atoms with Gasteiger partial charge in [-0.15, -0.1) is 0 Å². The van der Waals surface area contributed by atoms with Crippen LogP contribution in [-0.4, -0.2) is 42.1 Å². The van der Waals surface area contributed by atoms with Crippen LogP contribution in [0.3, 0.4) is 0 Å². The predicted molar refractivity (Wildman–Crippen MR) is 118 cm³/mol. The van der Waals surface area contributed by atoms with Crippen LogP contribution >= 0.6 is 0 Å². The molecule has 0 radical (unpaired) electrons. The van der Waals surface area contributed by atoms with Crippen LogP contribution in [0.15, 0.2) is 41.2 Å². The van der Waals surface area contributed by atoms with Gasteiger partial charge in [-0.2, -0.15) is 13.2 Å². The number of nitrogens with zero attached hydrogens (tertiary/aromatic N) is 4. The minimum absolute atomic E-state index is 0.364. The second-order valence-corrected chi connectivity index (χ2v) is 8.39. The van der Waals surface area contributed by atoms with Crippen LogP contribution in [0.2, 0.25) is 0 Å². The Morgan fingerprint density at radius 3 is 2.46 bits per heavy atom. The Balaban J connectivity index is 0.000000320. The van der Waals surface area contributed by atoms with E-state index < -0.39 is 18.2 Å². The van der Waals surface area contributed by atoms with Crippen LogP contribution in [0.4, 0.5) is 19.0 Å². The number of anilines is 1. The molecule has 3 aromatic heterocycles. The molecule has 35 heavy (non-hydrogen) atoms. The summed E-state index contributed by atoms with van der Waals surface area (Å²) in [5.74, 6) is -1.16. The second-order valence-electron chi connectivity index (χ2n) is 8.39. The highest BCUT2D eigenvalue weighted by atomic mass is 19.4. The summed E-state index contributed by atoms with van der Waals surface area (Å²) in [7, 11) is 0. The molecule has 4 N–H and O–H groups in total. The topological polar surface area (TPSA) is 140 Å². The number of hydrogen-bond acceptors (Lipinski definition) is 7. The molecule has 1 unspecified atom stereocenters. The van der Waals surface area contributed by atoms with E-state index >= 15 is 0 Å². The number of alkyl halides is 3. The van der Waals surface area contributed by atoms with Crippen LogP contribution in [0.5, 0.6) is 0 Å². The first-order valence-electron chi connectivity index (χ1n) is 10.9. The molecule has 3 heterocycles. The Labute approximate surface area is 196 Å². The molecule has 1 fully saturated rings. The number of aromatic nitrogens is 4. The van der Waals surface area contributed by atoms with Crippen molar-refractivity contribution in [2.75, 3.05) is 5.73 Å². The molecule has 1 saturated carbocycles. The number of para-hydroxylation sites is 1. The number of fused-ring (bicyclic) bond motifs is 5. The van der Waals surface area contributed by atoms with E-state index in [1.165, 1.54) is 6.33 Å². The second kappa shape index (κ2) is 8.38. The van der Waals surface area contributed by atoms with Crippen molar-refractivity contribution in [1.29, 1.82) is 0 Å². The largest absolute Gasteiger partial charge is 0.490 e. The molecule has 0 saturated heterocycles. The van der Waals surface area contributed by atoms with E-state index in [1.807, 2.05) is 30.3 Å². The summed E-state index contributed by atoms with van der Waals surface area (Å²) in [5.41, 5.74) is 11.5. The van der Waals surface area contributed by atoms with Gasteiger partial charge in [0.25, 0.3) is 0 Å². The fourth-order valence-electron chi connectivity index (χ4n) is 4.40. The number of nitrogen functional groups attached to an aromatic ring is 1. The number of benzene rings is 1. The monoisotopic (exact) mass is 487 g/mol. The number of aliphatic carboxylic acids is 1. The molecule has 2 aliphatic rings. The van der Waals surface area contributed by atoms with E-state index in [2.05, 4.69) is 19.7 Å². The average molecular weight is 487 g/mol. The van der Waals surface area contributed by atoms with Crippen molar-refractivity contribution in [3.63, 3.8) is 0 Å². The third kappa shape index (κ3) is 3.99. The van der Waals surface area contributed by atoms with Gasteiger partial charge < -0.3 is 20.5 Å². The molecule has 0 amide bonds. The number of aliphatic hydroxyl groups is 1. The molecule has 1 atom stereocenters. The number of carboxylic acid groups (broad SMARTS) is 1. The first kappa shape index (κ1) is 22.8. The molecule has 182 valence electrons. The van der Waals surface area contributed by atoms with Crippen molar-refractivity contribution in [2.24, 2.45) is 0 Å². The third-order valence-corrected chi connectivity index (χ3v) is 6.06. The van der Waals surface area contributed by atoms with Gasteiger partial charge >= 0.3 is 12.1 Å². The van der Waals surface area contributed by atoms with Crippen LogP contribution in [0.1, 0.15) is 48.3 Å². The normalized spacial score (nSPS) is 17.2. The zero-order chi connectivity index (χ0) is 24.9. The molecule has 12 heteroatoms. The number of hydrogen-bond donors (Lipinski definition) is 3. The highest BCUT2D eigenvalue weighted by Gasteiger charge is 2.39. The van der Waals surface area contributed by atoms with Gasteiger partial charge in [-0.1, -0.05) is 23.4 Å². The molecule has 1 aromatic carbocycles. The van der Waals surface area contributed by atoms with E-state index in [-0.39, 0.29) is 0 Å². The van der Waals surface area contributed by atoms with E-state index in [0.717, 1.165) is 52.1 Å². The molecule has 6 rings (SSSR count). The van der Waals surface area contributed by atoms with E-state index in [9.17, 15) is 18.3 Å². The average Bonchev–Trinajstić information content (AvgIpc) is 3.51. The SMILES string of the molecule is Nc1ncnc2c1c1c(n2-c2ccccc2)CCC(O)c2c-1noc2C1CC1.O=C(O)C(F)(F)F. The lowest BCUT2D eigenvalue weighted by Gasteiger charge is -2.11. The number of halogens is 3. The third-order valence-electron chi connectivity index (χ3n) is 6.06. The van der Waals surface area contributed by atoms with Crippen molar-refractivity contribution in [1.82, 2.24) is 19.7 Å². The van der Waals surface area contributed by atoms with Crippen molar-refractivity contribution in [2.45, 2.75) is 43.9 Å². The highest BCUT2D eigenvalue weighted by Crippen LogP contribution is 2.50. The zero-order valence-corrected chi connectivity index (χ0v) is 18.2. The number of rotatable bonds is 2. The summed E-state index contributed by atoms with van der Waals surface area (Å²) in [4.78, 5) is 17.7. The van der Waals surface area contributed by atoms with E-state index in [4.69, 9.17) is 20.2 Å². The predicted octanol–water partition coefficient (Wildman–Crippen LogP) is 4.15. The number of carboxylic acids is 1. The van der Waals surface area contributed by atoms with Gasteiger partial charge in [-0.25, -0.2) is 14.8 Å². The lowest BCUT2D eigenvalue weighted by molar-refractivity contribution is -0.192. The molecular weight excluding hydrogens is 467 g/mol. The van der Waals surface area contributed by atoms with Gasteiger partial charge in [-0.3, -0.25) is 4.57 Å². The maximum absolute atomic E-state index is 10.9. The van der Waals surface area contributed by atoms with Gasteiger partial charge in [0.1, 0.15) is 23.6 Å². The maximum atomic E-state index is 10.9. The van der Waals surface area contributed by atoms with Crippen LogP contribution < -0.4 is 5.73 Å². The zero-order valence-electron chi connectivity index (χ0n) is 18.2. The van der Waals surface area contributed by atoms with Gasteiger partial charge in [0.15, 0.2) is 5.65 Å². The van der Waals surface area contributed by atoms with Crippen LogP contribution in [0.25, 0.3) is 28.0 Å². The van der Waals surface area contributed by atoms with Crippen molar-refractivity contribution in [3.8, 4) is 16.9 Å². The minimum atomic E-state index is -5.08. The molecule has 0 aliphatic heterocycles. The quantitative estimate of drug-likeness (QED) is 0.383. The minimum Gasteiger partial charge on any atom is -0.475 e. The summed E-state index contributed by atoms with van der Waals surface area (Å²) in [6.07, 6.45) is -0.755. The number of nitrogens with two attached hydrogens (primary N) is 1. The lowest BCUT2D eigenvalue weighted by atomic mass is 10.0. The Kier molecular flexibility index (Phi) is 5.47. The van der Waals surface area contributed by atoms with Gasteiger partial charge in [0.05, 0.1) is 17.1 Å². The molecule has 0 bridgehead atoms. The Morgan fingerprint density at radius 1 is 1.14 bits per heavy atom. The summed E-state index contributed by atoms with van der Waals surface area (Å²) < 4.78 is 39.6. The standard InChI is InChI=1S/C21H19N5O2.C2HF3O2/c22-20-17-15-13(26(21(17)24-10-23-20)12-4-2-1-3-5-12)8-9-14(27)16-18(15)25-28-19(16)11-6-7-11;3-2(4,5)1(6)7/h1-5,10-11,14,27H,6-9H2,(H2,22,23,24);(H,6,7). The highest BCUT2D eigenvalue weighted by molar-refractivity contribution is 6.03. The first-order valence-corrected chi connectivity index (χ1v) is 10.9. The number of aliphatic hydroxyl groups excluding tert-OH is 1. The fraction of sp³-hybridized carbons (Fsp3) is 0.304. The summed E-state index contributed by atoms with van der Waals surface area (Å²) in [5, 5.41) is 23.2.